The van der Waals surface area contributed by atoms with E-state index in [1.54, 1.807) is 14.2 Å². The monoisotopic (exact) mass is 238 g/mol. The maximum atomic E-state index is 9.29. The van der Waals surface area contributed by atoms with E-state index in [4.69, 9.17) is 14.2 Å². The largest absolute Gasteiger partial charge is 0.493 e. The molecule has 2 rings (SSSR count). The second kappa shape index (κ2) is 5.38. The molecular weight excluding hydrogens is 220 g/mol. The van der Waals surface area contributed by atoms with Crippen LogP contribution in [0.3, 0.4) is 0 Å². The Morgan fingerprint density at radius 3 is 2.65 bits per heavy atom. The Balaban J connectivity index is 2.06. The third kappa shape index (κ3) is 2.90. The number of hydrogen-bond donors (Lipinski definition) is 1. The topological polar surface area (TPSA) is 47.9 Å². The van der Waals surface area contributed by atoms with Gasteiger partial charge >= 0.3 is 0 Å². The van der Waals surface area contributed by atoms with Gasteiger partial charge in [-0.3, -0.25) is 0 Å². The van der Waals surface area contributed by atoms with Crippen LogP contribution in [0.2, 0.25) is 0 Å². The zero-order valence-electron chi connectivity index (χ0n) is 10.2. The van der Waals surface area contributed by atoms with Gasteiger partial charge in [0.05, 0.1) is 20.8 Å². The number of aliphatic hydroxyl groups is 1. The summed E-state index contributed by atoms with van der Waals surface area (Å²) in [6.07, 6.45) is 0.992. The van der Waals surface area contributed by atoms with E-state index in [0.717, 1.165) is 17.9 Å². The Kier molecular flexibility index (Phi) is 3.86. The van der Waals surface area contributed by atoms with E-state index in [1.165, 1.54) is 5.56 Å². The molecule has 1 aliphatic heterocycles. The van der Waals surface area contributed by atoms with Crippen molar-refractivity contribution in [2.75, 3.05) is 20.8 Å². The molecule has 2 atom stereocenters. The SMILES string of the molecule is COc1ccc(C[C@H]2COC(O)C2)cc1OC. The standard InChI is InChI=1S/C13H18O4/c1-15-11-4-3-9(6-12(11)16-2)5-10-7-13(14)17-8-10/h3-4,6,10,13-14H,5,7-8H2,1-2H3/t10-,13?/m1/s1. The van der Waals surface area contributed by atoms with E-state index in [2.05, 4.69) is 0 Å². The van der Waals surface area contributed by atoms with Gasteiger partial charge < -0.3 is 19.3 Å². The average molecular weight is 238 g/mol. The lowest BCUT2D eigenvalue weighted by Crippen LogP contribution is -2.05. The number of rotatable bonds is 4. The van der Waals surface area contributed by atoms with Crippen LogP contribution < -0.4 is 9.47 Å². The van der Waals surface area contributed by atoms with Crippen molar-refractivity contribution in [2.24, 2.45) is 5.92 Å². The highest BCUT2D eigenvalue weighted by molar-refractivity contribution is 5.43. The van der Waals surface area contributed by atoms with E-state index >= 15 is 0 Å². The van der Waals surface area contributed by atoms with Gasteiger partial charge in [0.15, 0.2) is 17.8 Å². The molecule has 1 heterocycles. The molecule has 0 aromatic heterocycles. The van der Waals surface area contributed by atoms with Gasteiger partial charge in [-0.1, -0.05) is 6.07 Å². The molecule has 0 radical (unpaired) electrons. The molecule has 1 unspecified atom stereocenters. The van der Waals surface area contributed by atoms with Crippen LogP contribution in [0, 0.1) is 5.92 Å². The summed E-state index contributed by atoms with van der Waals surface area (Å²) in [5.74, 6) is 1.85. The van der Waals surface area contributed by atoms with Crippen molar-refractivity contribution < 1.29 is 19.3 Å². The molecule has 1 fully saturated rings. The summed E-state index contributed by atoms with van der Waals surface area (Å²) in [5, 5.41) is 9.29. The van der Waals surface area contributed by atoms with Crippen LogP contribution >= 0.6 is 0 Å². The van der Waals surface area contributed by atoms with Crippen LogP contribution in [0.5, 0.6) is 11.5 Å². The fourth-order valence-corrected chi connectivity index (χ4v) is 2.15. The minimum Gasteiger partial charge on any atom is -0.493 e. The van der Waals surface area contributed by atoms with E-state index in [0.29, 0.717) is 18.9 Å². The lowest BCUT2D eigenvalue weighted by Gasteiger charge is -2.11. The average Bonchev–Trinajstić information content (AvgIpc) is 2.74. The maximum absolute atomic E-state index is 9.29. The fraction of sp³-hybridized carbons (Fsp3) is 0.538. The van der Waals surface area contributed by atoms with Crippen LogP contribution in [0.25, 0.3) is 0 Å². The zero-order chi connectivity index (χ0) is 12.3. The Bertz CT molecular complexity index is 378. The van der Waals surface area contributed by atoms with E-state index < -0.39 is 6.29 Å². The summed E-state index contributed by atoms with van der Waals surface area (Å²) in [4.78, 5) is 0. The number of methoxy groups -OCH3 is 2. The first-order valence-corrected chi connectivity index (χ1v) is 5.73. The van der Waals surface area contributed by atoms with Gasteiger partial charge in [0.1, 0.15) is 0 Å². The number of aliphatic hydroxyl groups excluding tert-OH is 1. The highest BCUT2D eigenvalue weighted by Gasteiger charge is 2.23. The molecule has 0 spiro atoms. The summed E-state index contributed by atoms with van der Waals surface area (Å²) in [6, 6.07) is 5.90. The Hall–Kier alpha value is -1.26. The zero-order valence-corrected chi connectivity index (χ0v) is 10.2. The quantitative estimate of drug-likeness (QED) is 0.865. The highest BCUT2D eigenvalue weighted by Crippen LogP contribution is 2.30. The highest BCUT2D eigenvalue weighted by atomic mass is 16.6. The molecule has 4 heteroatoms. The maximum Gasteiger partial charge on any atom is 0.160 e. The molecule has 0 bridgehead atoms. The third-order valence-corrected chi connectivity index (χ3v) is 3.03. The van der Waals surface area contributed by atoms with Gasteiger partial charge in [0.25, 0.3) is 0 Å². The van der Waals surface area contributed by atoms with Crippen molar-refractivity contribution in [1.82, 2.24) is 0 Å². The first kappa shape index (κ1) is 12.2. The Morgan fingerprint density at radius 1 is 1.29 bits per heavy atom. The van der Waals surface area contributed by atoms with Gasteiger partial charge in [-0.05, 0) is 30.0 Å². The number of ether oxygens (including phenoxy) is 3. The van der Waals surface area contributed by atoms with Crippen LogP contribution in [0.4, 0.5) is 0 Å². The van der Waals surface area contributed by atoms with Gasteiger partial charge in [-0.2, -0.15) is 0 Å². The Labute approximate surface area is 101 Å². The predicted octanol–water partition coefficient (Wildman–Crippen LogP) is 1.60. The van der Waals surface area contributed by atoms with Crippen LogP contribution in [0.1, 0.15) is 12.0 Å². The van der Waals surface area contributed by atoms with Crippen LogP contribution in [-0.4, -0.2) is 32.2 Å². The molecule has 0 aliphatic carbocycles. The summed E-state index contributed by atoms with van der Waals surface area (Å²) in [6.45, 7) is 0.621. The first-order chi connectivity index (χ1) is 8.22. The second-order valence-corrected chi connectivity index (χ2v) is 4.28. The minimum absolute atomic E-state index is 0.378. The van der Waals surface area contributed by atoms with Crippen LogP contribution in [0.15, 0.2) is 18.2 Å². The normalized spacial score (nSPS) is 23.7. The van der Waals surface area contributed by atoms with E-state index in [1.807, 2.05) is 18.2 Å². The van der Waals surface area contributed by atoms with Crippen molar-refractivity contribution in [3.63, 3.8) is 0 Å². The Morgan fingerprint density at radius 2 is 2.06 bits per heavy atom. The van der Waals surface area contributed by atoms with Gasteiger partial charge in [0, 0.05) is 6.42 Å². The number of benzene rings is 1. The smallest absolute Gasteiger partial charge is 0.160 e. The van der Waals surface area contributed by atoms with Crippen molar-refractivity contribution in [3.05, 3.63) is 23.8 Å². The predicted molar refractivity (Wildman–Crippen MR) is 63.3 cm³/mol. The van der Waals surface area contributed by atoms with Gasteiger partial charge in [0.2, 0.25) is 0 Å². The van der Waals surface area contributed by atoms with Crippen molar-refractivity contribution in [1.29, 1.82) is 0 Å². The van der Waals surface area contributed by atoms with E-state index in [-0.39, 0.29) is 0 Å². The molecule has 0 saturated carbocycles. The third-order valence-electron chi connectivity index (χ3n) is 3.03. The van der Waals surface area contributed by atoms with Crippen molar-refractivity contribution in [3.8, 4) is 11.5 Å². The fourth-order valence-electron chi connectivity index (χ4n) is 2.15. The lowest BCUT2D eigenvalue weighted by molar-refractivity contribution is -0.0591. The molecule has 4 nitrogen and oxygen atoms in total. The molecule has 17 heavy (non-hydrogen) atoms. The minimum atomic E-state index is -0.597. The molecule has 1 aromatic rings. The summed E-state index contributed by atoms with van der Waals surface area (Å²) >= 11 is 0. The summed E-state index contributed by atoms with van der Waals surface area (Å²) in [7, 11) is 3.25. The molecule has 0 amide bonds. The number of hydrogen-bond acceptors (Lipinski definition) is 4. The van der Waals surface area contributed by atoms with Crippen molar-refractivity contribution in [2.45, 2.75) is 19.1 Å². The van der Waals surface area contributed by atoms with Gasteiger partial charge in [-0.15, -0.1) is 0 Å². The van der Waals surface area contributed by atoms with Crippen molar-refractivity contribution >= 4 is 0 Å². The second-order valence-electron chi connectivity index (χ2n) is 4.28. The van der Waals surface area contributed by atoms with Gasteiger partial charge in [-0.25, -0.2) is 0 Å². The molecular formula is C13H18O4. The molecule has 1 saturated heterocycles. The van der Waals surface area contributed by atoms with Crippen LogP contribution in [-0.2, 0) is 11.2 Å². The summed E-state index contributed by atoms with van der Waals surface area (Å²) < 4.78 is 15.6. The molecule has 1 aromatic carbocycles. The summed E-state index contributed by atoms with van der Waals surface area (Å²) in [5.41, 5.74) is 1.17. The van der Waals surface area contributed by atoms with E-state index in [9.17, 15) is 5.11 Å². The molecule has 1 N–H and O–H groups in total. The lowest BCUT2D eigenvalue weighted by atomic mass is 9.98. The molecule has 1 aliphatic rings. The molecule has 94 valence electrons. The first-order valence-electron chi connectivity index (χ1n) is 5.73.